The van der Waals surface area contributed by atoms with E-state index in [1.807, 2.05) is 6.08 Å². The molecule has 0 aromatic carbocycles. The molecule has 0 aromatic heterocycles. The van der Waals surface area contributed by atoms with Gasteiger partial charge in [-0.15, -0.1) is 6.58 Å². The van der Waals surface area contributed by atoms with Crippen molar-refractivity contribution in [1.29, 1.82) is 0 Å². The number of rotatable bonds is 2. The molecule has 0 radical (unpaired) electrons. The zero-order chi connectivity index (χ0) is 8.97. The highest BCUT2D eigenvalue weighted by atomic mass is 15.2. The molecule has 1 heterocycles. The summed E-state index contributed by atoms with van der Waals surface area (Å²) in [6.07, 6.45) is 3.24. The molecule has 0 aliphatic carbocycles. The van der Waals surface area contributed by atoms with Crippen molar-refractivity contribution in [2.75, 3.05) is 19.6 Å². The Balaban J connectivity index is 2.43. The first kappa shape index (κ1) is 9.75. The van der Waals surface area contributed by atoms with Gasteiger partial charge in [0.2, 0.25) is 0 Å². The van der Waals surface area contributed by atoms with Crippen LogP contribution in [0.5, 0.6) is 0 Å². The quantitative estimate of drug-likeness (QED) is 0.624. The number of hydrogen-bond acceptors (Lipinski definition) is 2. The maximum atomic E-state index is 3.78. The lowest BCUT2D eigenvalue weighted by Gasteiger charge is -2.24. The average molecular weight is 168 g/mol. The van der Waals surface area contributed by atoms with E-state index in [-0.39, 0.29) is 0 Å². The first-order chi connectivity index (χ1) is 5.74. The van der Waals surface area contributed by atoms with Crippen LogP contribution in [0.2, 0.25) is 0 Å². The van der Waals surface area contributed by atoms with Crippen molar-refractivity contribution >= 4 is 0 Å². The van der Waals surface area contributed by atoms with Gasteiger partial charge in [0, 0.05) is 31.7 Å². The van der Waals surface area contributed by atoms with Crippen LogP contribution in [-0.4, -0.2) is 36.6 Å². The normalized spacial score (nSPS) is 32.8. The van der Waals surface area contributed by atoms with E-state index in [1.165, 1.54) is 13.0 Å². The number of nitrogens with zero attached hydrogens (tertiary/aromatic N) is 1. The Morgan fingerprint density at radius 3 is 3.00 bits per heavy atom. The predicted octanol–water partition coefficient (Wildman–Crippen LogP) is 1.24. The van der Waals surface area contributed by atoms with Gasteiger partial charge in [-0.3, -0.25) is 4.90 Å². The summed E-state index contributed by atoms with van der Waals surface area (Å²) in [6.45, 7) is 11.6. The molecule has 2 nitrogen and oxygen atoms in total. The van der Waals surface area contributed by atoms with Crippen LogP contribution in [0.25, 0.3) is 0 Å². The first-order valence-corrected chi connectivity index (χ1v) is 4.82. The van der Waals surface area contributed by atoms with Gasteiger partial charge in [0.1, 0.15) is 0 Å². The van der Waals surface area contributed by atoms with Gasteiger partial charge in [-0.25, -0.2) is 0 Å². The molecule has 1 N–H and O–H groups in total. The summed E-state index contributed by atoms with van der Waals surface area (Å²) in [5.41, 5.74) is 0. The molecule has 0 spiro atoms. The second-order valence-corrected chi connectivity index (χ2v) is 3.73. The van der Waals surface area contributed by atoms with Crippen LogP contribution in [0.15, 0.2) is 12.7 Å². The van der Waals surface area contributed by atoms with Crippen LogP contribution in [0.1, 0.15) is 20.3 Å². The van der Waals surface area contributed by atoms with E-state index in [2.05, 4.69) is 30.6 Å². The van der Waals surface area contributed by atoms with Gasteiger partial charge in [0.15, 0.2) is 0 Å². The highest BCUT2D eigenvalue weighted by Gasteiger charge is 2.17. The lowest BCUT2D eigenvalue weighted by Crippen LogP contribution is -2.37. The summed E-state index contributed by atoms with van der Waals surface area (Å²) in [5.74, 6) is 0. The van der Waals surface area contributed by atoms with Crippen LogP contribution in [0, 0.1) is 0 Å². The first-order valence-electron chi connectivity index (χ1n) is 4.82. The Labute approximate surface area is 75.6 Å². The molecule has 2 unspecified atom stereocenters. The van der Waals surface area contributed by atoms with E-state index in [0.717, 1.165) is 13.1 Å². The summed E-state index contributed by atoms with van der Waals surface area (Å²) in [4.78, 5) is 2.48. The molecule has 0 saturated carbocycles. The summed E-state index contributed by atoms with van der Waals surface area (Å²) in [5, 5.41) is 3.51. The van der Waals surface area contributed by atoms with E-state index in [1.54, 1.807) is 0 Å². The molecule has 1 saturated heterocycles. The van der Waals surface area contributed by atoms with Crippen molar-refractivity contribution in [2.45, 2.75) is 32.4 Å². The van der Waals surface area contributed by atoms with Gasteiger partial charge < -0.3 is 5.32 Å². The summed E-state index contributed by atoms with van der Waals surface area (Å²) < 4.78 is 0. The lowest BCUT2D eigenvalue weighted by molar-refractivity contribution is 0.246. The average Bonchev–Trinajstić information content (AvgIpc) is 2.20. The SMILES string of the molecule is C=CCN1CCC(C)NCC1C. The number of nitrogens with one attached hydrogen (secondary N) is 1. The van der Waals surface area contributed by atoms with E-state index in [9.17, 15) is 0 Å². The Hall–Kier alpha value is -0.340. The predicted molar refractivity (Wildman–Crippen MR) is 53.3 cm³/mol. The van der Waals surface area contributed by atoms with Gasteiger partial charge >= 0.3 is 0 Å². The molecule has 1 rings (SSSR count). The van der Waals surface area contributed by atoms with Crippen molar-refractivity contribution in [3.05, 3.63) is 12.7 Å². The highest BCUT2D eigenvalue weighted by Crippen LogP contribution is 2.06. The molecule has 2 heteroatoms. The smallest absolute Gasteiger partial charge is 0.0195 e. The topological polar surface area (TPSA) is 15.3 Å². The van der Waals surface area contributed by atoms with Gasteiger partial charge in [-0.05, 0) is 20.3 Å². The Morgan fingerprint density at radius 1 is 1.58 bits per heavy atom. The van der Waals surface area contributed by atoms with Crippen molar-refractivity contribution in [2.24, 2.45) is 0 Å². The maximum Gasteiger partial charge on any atom is 0.0195 e. The molecule has 0 amide bonds. The van der Waals surface area contributed by atoms with Gasteiger partial charge in [-0.1, -0.05) is 6.08 Å². The fourth-order valence-electron chi connectivity index (χ4n) is 1.62. The van der Waals surface area contributed by atoms with Crippen molar-refractivity contribution in [1.82, 2.24) is 10.2 Å². The third kappa shape index (κ3) is 2.61. The van der Waals surface area contributed by atoms with Crippen LogP contribution in [-0.2, 0) is 0 Å². The Bertz CT molecular complexity index is 145. The Kier molecular flexibility index (Phi) is 3.76. The van der Waals surface area contributed by atoms with Gasteiger partial charge in [0.05, 0.1) is 0 Å². The molecular weight excluding hydrogens is 148 g/mol. The van der Waals surface area contributed by atoms with Gasteiger partial charge in [-0.2, -0.15) is 0 Å². The zero-order valence-electron chi connectivity index (χ0n) is 8.21. The summed E-state index contributed by atoms with van der Waals surface area (Å²) >= 11 is 0. The molecule has 2 atom stereocenters. The number of hydrogen-bond donors (Lipinski definition) is 1. The fourth-order valence-corrected chi connectivity index (χ4v) is 1.62. The van der Waals surface area contributed by atoms with E-state index in [0.29, 0.717) is 12.1 Å². The molecule has 1 fully saturated rings. The molecule has 12 heavy (non-hydrogen) atoms. The molecular formula is C10H20N2. The second kappa shape index (κ2) is 4.63. The standard InChI is InChI=1S/C10H20N2/c1-4-6-12-7-5-9(2)11-8-10(12)3/h4,9-11H,1,5-8H2,2-3H3. The molecule has 0 bridgehead atoms. The van der Waals surface area contributed by atoms with Crippen LogP contribution in [0.3, 0.4) is 0 Å². The van der Waals surface area contributed by atoms with Crippen molar-refractivity contribution in [3.63, 3.8) is 0 Å². The molecule has 1 aliphatic heterocycles. The van der Waals surface area contributed by atoms with Crippen LogP contribution in [0.4, 0.5) is 0 Å². The van der Waals surface area contributed by atoms with Crippen molar-refractivity contribution < 1.29 is 0 Å². The van der Waals surface area contributed by atoms with Gasteiger partial charge in [0.25, 0.3) is 0 Å². The van der Waals surface area contributed by atoms with Crippen LogP contribution >= 0.6 is 0 Å². The lowest BCUT2D eigenvalue weighted by atomic mass is 10.2. The maximum absolute atomic E-state index is 3.78. The third-order valence-electron chi connectivity index (χ3n) is 2.60. The third-order valence-corrected chi connectivity index (χ3v) is 2.60. The fraction of sp³-hybridized carbons (Fsp3) is 0.800. The minimum Gasteiger partial charge on any atom is -0.313 e. The van der Waals surface area contributed by atoms with E-state index < -0.39 is 0 Å². The van der Waals surface area contributed by atoms with Crippen molar-refractivity contribution in [3.8, 4) is 0 Å². The molecule has 70 valence electrons. The zero-order valence-corrected chi connectivity index (χ0v) is 8.21. The minimum atomic E-state index is 0.646. The van der Waals surface area contributed by atoms with Crippen LogP contribution < -0.4 is 5.32 Å². The summed E-state index contributed by atoms with van der Waals surface area (Å²) in [7, 11) is 0. The Morgan fingerprint density at radius 2 is 2.33 bits per heavy atom. The largest absolute Gasteiger partial charge is 0.313 e. The highest BCUT2D eigenvalue weighted by molar-refractivity contribution is 4.82. The van der Waals surface area contributed by atoms with E-state index >= 15 is 0 Å². The molecule has 0 aromatic rings. The molecule has 1 aliphatic rings. The minimum absolute atomic E-state index is 0.646. The summed E-state index contributed by atoms with van der Waals surface area (Å²) in [6, 6.07) is 1.32. The monoisotopic (exact) mass is 168 g/mol. The second-order valence-electron chi connectivity index (χ2n) is 3.73. The van der Waals surface area contributed by atoms with E-state index in [4.69, 9.17) is 0 Å².